The number of halogens is 2. The standard InChI is InChI=1S/C26H25F2N7O3/c1-32-23(36)20-7-6-16(10-21(20)35(32)14-17-4-2-3-5-22(17)38-24(27)28)18-11-29-25(30-12-18)33-8-9-34-19(15-33)13-31-26(34)37/h2-7,10-12,19,24H,8-9,13-15H2,1H3,(H,31,37)/t19-/m1/s1. The maximum atomic E-state index is 12.9. The number of piperazine rings is 1. The number of nitrogens with zero attached hydrogens (tertiary/aromatic N) is 6. The van der Waals surface area contributed by atoms with Crippen molar-refractivity contribution >= 4 is 22.9 Å². The highest BCUT2D eigenvalue weighted by atomic mass is 19.3. The van der Waals surface area contributed by atoms with Gasteiger partial charge in [0.2, 0.25) is 5.95 Å². The van der Waals surface area contributed by atoms with Crippen molar-refractivity contribution in [3.63, 3.8) is 0 Å². The first-order valence-corrected chi connectivity index (χ1v) is 12.2. The molecule has 2 fully saturated rings. The second-order valence-electron chi connectivity index (χ2n) is 9.36. The van der Waals surface area contributed by atoms with E-state index in [9.17, 15) is 18.4 Å². The van der Waals surface area contributed by atoms with Crippen molar-refractivity contribution in [2.75, 3.05) is 31.1 Å². The molecule has 0 unspecified atom stereocenters. The van der Waals surface area contributed by atoms with E-state index >= 15 is 0 Å². The van der Waals surface area contributed by atoms with E-state index in [1.165, 1.54) is 10.7 Å². The van der Waals surface area contributed by atoms with Crippen LogP contribution in [0, 0.1) is 0 Å². The maximum absolute atomic E-state index is 12.9. The summed E-state index contributed by atoms with van der Waals surface area (Å²) >= 11 is 0. The number of amides is 2. The van der Waals surface area contributed by atoms with Crippen molar-refractivity contribution in [3.8, 4) is 16.9 Å². The molecule has 196 valence electrons. The van der Waals surface area contributed by atoms with E-state index in [0.29, 0.717) is 48.6 Å². The first kappa shape index (κ1) is 23.9. The number of ether oxygens (including phenoxy) is 1. The number of carbonyl (C=O) groups is 1. The van der Waals surface area contributed by atoms with E-state index in [2.05, 4.69) is 24.9 Å². The van der Waals surface area contributed by atoms with Crippen LogP contribution >= 0.6 is 0 Å². The Morgan fingerprint density at radius 1 is 1.08 bits per heavy atom. The van der Waals surface area contributed by atoms with Gasteiger partial charge < -0.3 is 19.9 Å². The Hall–Kier alpha value is -4.48. The van der Waals surface area contributed by atoms with Gasteiger partial charge in [0, 0.05) is 56.7 Å². The summed E-state index contributed by atoms with van der Waals surface area (Å²) in [5, 5.41) is 3.38. The summed E-state index contributed by atoms with van der Waals surface area (Å²) in [7, 11) is 1.64. The van der Waals surface area contributed by atoms with E-state index in [-0.39, 0.29) is 29.9 Å². The largest absolute Gasteiger partial charge is 0.434 e. The molecular formula is C26H25F2N7O3. The molecule has 0 spiro atoms. The number of hydrogen-bond acceptors (Lipinski definition) is 6. The molecule has 12 heteroatoms. The zero-order valence-electron chi connectivity index (χ0n) is 20.6. The van der Waals surface area contributed by atoms with Crippen molar-refractivity contribution < 1.29 is 18.3 Å². The highest BCUT2D eigenvalue weighted by molar-refractivity contribution is 5.84. The molecule has 0 aliphatic carbocycles. The molecule has 2 amide bonds. The lowest BCUT2D eigenvalue weighted by atomic mass is 10.1. The lowest BCUT2D eigenvalue weighted by molar-refractivity contribution is -0.0505. The number of aromatic nitrogens is 4. The van der Waals surface area contributed by atoms with Gasteiger partial charge >= 0.3 is 12.6 Å². The molecule has 2 aromatic heterocycles. The number of carbonyl (C=O) groups excluding carboxylic acids is 1. The van der Waals surface area contributed by atoms with E-state index < -0.39 is 6.61 Å². The second kappa shape index (κ2) is 9.43. The van der Waals surface area contributed by atoms with Gasteiger partial charge in [-0.05, 0) is 23.8 Å². The Kier molecular flexibility index (Phi) is 5.93. The fraction of sp³-hybridized carbons (Fsp3) is 0.308. The first-order chi connectivity index (χ1) is 18.4. The lowest BCUT2D eigenvalue weighted by Crippen LogP contribution is -2.52. The molecule has 0 saturated carbocycles. The van der Waals surface area contributed by atoms with Crippen LogP contribution in [0.5, 0.6) is 5.75 Å². The molecule has 1 N–H and O–H groups in total. The average Bonchev–Trinajstić information content (AvgIpc) is 3.41. The lowest BCUT2D eigenvalue weighted by Gasteiger charge is -2.36. The molecule has 2 aliphatic rings. The van der Waals surface area contributed by atoms with E-state index in [0.717, 1.165) is 11.1 Å². The summed E-state index contributed by atoms with van der Waals surface area (Å²) in [6.45, 7) is -0.224. The molecule has 10 nitrogen and oxygen atoms in total. The Labute approximate surface area is 216 Å². The van der Waals surface area contributed by atoms with Crippen LogP contribution < -0.4 is 20.5 Å². The van der Waals surface area contributed by atoms with Crippen LogP contribution in [0.3, 0.4) is 0 Å². The fourth-order valence-corrected chi connectivity index (χ4v) is 5.17. The van der Waals surface area contributed by atoms with Crippen LogP contribution in [0.2, 0.25) is 0 Å². The topological polar surface area (TPSA) is 97.5 Å². The zero-order chi connectivity index (χ0) is 26.4. The molecule has 2 aromatic carbocycles. The van der Waals surface area contributed by atoms with Crippen LogP contribution in [0.15, 0.2) is 59.7 Å². The predicted octanol–water partition coefficient (Wildman–Crippen LogP) is 2.66. The summed E-state index contributed by atoms with van der Waals surface area (Å²) in [5.74, 6) is 0.664. The molecular weight excluding hydrogens is 496 g/mol. The van der Waals surface area contributed by atoms with Crippen LogP contribution in [0.25, 0.3) is 22.0 Å². The van der Waals surface area contributed by atoms with Crippen LogP contribution in [0.1, 0.15) is 5.56 Å². The number of hydrogen-bond donors (Lipinski definition) is 1. The molecule has 38 heavy (non-hydrogen) atoms. The van der Waals surface area contributed by atoms with E-state index in [4.69, 9.17) is 0 Å². The molecule has 0 bridgehead atoms. The molecule has 4 heterocycles. The number of nitrogens with one attached hydrogen (secondary N) is 1. The average molecular weight is 522 g/mol. The molecule has 1 atom stereocenters. The summed E-state index contributed by atoms with van der Waals surface area (Å²) < 4.78 is 33.7. The molecule has 2 saturated heterocycles. The normalized spacial score (nSPS) is 17.3. The minimum atomic E-state index is -2.95. The Balaban J connectivity index is 1.29. The van der Waals surface area contributed by atoms with Gasteiger partial charge in [0.15, 0.2) is 0 Å². The zero-order valence-corrected chi connectivity index (χ0v) is 20.6. The molecule has 6 rings (SSSR count). The van der Waals surface area contributed by atoms with Gasteiger partial charge in [-0.3, -0.25) is 14.2 Å². The van der Waals surface area contributed by atoms with Gasteiger partial charge in [-0.1, -0.05) is 24.3 Å². The quantitative estimate of drug-likeness (QED) is 0.419. The van der Waals surface area contributed by atoms with Gasteiger partial charge in [-0.15, -0.1) is 0 Å². The fourth-order valence-electron chi connectivity index (χ4n) is 5.17. The van der Waals surface area contributed by atoms with Crippen LogP contribution in [-0.4, -0.2) is 69.1 Å². The maximum Gasteiger partial charge on any atom is 0.387 e. The van der Waals surface area contributed by atoms with Crippen molar-refractivity contribution in [1.29, 1.82) is 0 Å². The van der Waals surface area contributed by atoms with Gasteiger partial charge in [-0.2, -0.15) is 8.78 Å². The first-order valence-electron chi connectivity index (χ1n) is 12.2. The third kappa shape index (κ3) is 4.21. The van der Waals surface area contributed by atoms with Gasteiger partial charge in [0.05, 0.1) is 23.5 Å². The molecule has 0 radical (unpaired) electrons. The SMILES string of the molecule is Cn1c(=O)c2ccc(-c3cnc(N4CCN5C(=O)NC[C@@H]5C4)nc3)cc2n1Cc1ccccc1OC(F)F. The summed E-state index contributed by atoms with van der Waals surface area (Å²) in [5.41, 5.74) is 2.58. The molecule has 4 aromatic rings. The number of alkyl halides is 2. The van der Waals surface area contributed by atoms with Crippen molar-refractivity contribution in [1.82, 2.24) is 29.5 Å². The van der Waals surface area contributed by atoms with Crippen LogP contribution in [-0.2, 0) is 13.6 Å². The number of para-hydroxylation sites is 1. The van der Waals surface area contributed by atoms with Crippen LogP contribution in [0.4, 0.5) is 19.5 Å². The third-order valence-corrected chi connectivity index (χ3v) is 7.16. The van der Waals surface area contributed by atoms with E-state index in [1.54, 1.807) is 48.4 Å². The second-order valence-corrected chi connectivity index (χ2v) is 9.36. The van der Waals surface area contributed by atoms with Crippen molar-refractivity contribution in [2.24, 2.45) is 7.05 Å². The third-order valence-electron chi connectivity index (χ3n) is 7.16. The monoisotopic (exact) mass is 521 g/mol. The van der Waals surface area contributed by atoms with Gasteiger partial charge in [0.1, 0.15) is 5.75 Å². The summed E-state index contributed by atoms with van der Waals surface area (Å²) in [6.07, 6.45) is 3.48. The van der Waals surface area contributed by atoms with E-state index in [1.807, 2.05) is 17.0 Å². The summed E-state index contributed by atoms with van der Waals surface area (Å²) in [4.78, 5) is 37.8. The van der Waals surface area contributed by atoms with Gasteiger partial charge in [-0.25, -0.2) is 14.8 Å². The number of anilines is 1. The number of fused-ring (bicyclic) bond motifs is 2. The predicted molar refractivity (Wildman–Crippen MR) is 136 cm³/mol. The highest BCUT2D eigenvalue weighted by Gasteiger charge is 2.36. The number of urea groups is 1. The van der Waals surface area contributed by atoms with Crippen molar-refractivity contribution in [2.45, 2.75) is 19.2 Å². The molecule has 2 aliphatic heterocycles. The Morgan fingerprint density at radius 3 is 2.66 bits per heavy atom. The number of rotatable bonds is 6. The smallest absolute Gasteiger partial charge is 0.387 e. The van der Waals surface area contributed by atoms with Gasteiger partial charge in [0.25, 0.3) is 5.56 Å². The number of benzene rings is 2. The Morgan fingerprint density at radius 2 is 1.87 bits per heavy atom. The van der Waals surface area contributed by atoms with Crippen molar-refractivity contribution in [3.05, 3.63) is 70.8 Å². The minimum absolute atomic E-state index is 0.0225. The highest BCUT2D eigenvalue weighted by Crippen LogP contribution is 2.27. The Bertz CT molecular complexity index is 1570. The minimum Gasteiger partial charge on any atom is -0.434 e. The summed E-state index contributed by atoms with van der Waals surface area (Å²) in [6, 6.07) is 12.1.